The molecule has 0 saturated carbocycles. The lowest BCUT2D eigenvalue weighted by Gasteiger charge is -2.08. The monoisotopic (exact) mass is 149 g/mol. The van der Waals surface area contributed by atoms with Crippen molar-refractivity contribution in [3.05, 3.63) is 34.4 Å². The number of benzene rings is 1. The molecule has 1 heteroatoms. The average Bonchev–Trinajstić information content (AvgIpc) is 2.01. The fourth-order valence-electron chi connectivity index (χ4n) is 1.23. The Balaban J connectivity index is 3.25. The second kappa shape index (κ2) is 3.05. The molecule has 1 aromatic carbocycles. The smallest absolute Gasteiger partial charge is 0.0180 e. The van der Waals surface area contributed by atoms with Crippen molar-refractivity contribution in [2.24, 2.45) is 5.73 Å². The second-order valence-corrected chi connectivity index (χ2v) is 3.00. The highest BCUT2D eigenvalue weighted by Crippen LogP contribution is 2.15. The van der Waals surface area contributed by atoms with Gasteiger partial charge in [-0.15, -0.1) is 0 Å². The Morgan fingerprint density at radius 1 is 1.09 bits per heavy atom. The molecule has 1 rings (SSSR count). The molecule has 0 atom stereocenters. The Labute approximate surface area is 68.2 Å². The first kappa shape index (κ1) is 8.28. The molecule has 0 spiro atoms. The number of hydrogen-bond acceptors (Lipinski definition) is 1. The molecule has 0 aromatic heterocycles. The summed E-state index contributed by atoms with van der Waals surface area (Å²) in [6.45, 7) is 7.05. The van der Waals surface area contributed by atoms with Crippen LogP contribution in [0.25, 0.3) is 0 Å². The molecule has 0 aliphatic rings. The molecule has 1 aromatic rings. The first-order valence-electron chi connectivity index (χ1n) is 3.92. The van der Waals surface area contributed by atoms with Crippen molar-refractivity contribution in [3.63, 3.8) is 0 Å². The average molecular weight is 149 g/mol. The molecule has 11 heavy (non-hydrogen) atoms. The molecule has 0 radical (unpaired) electrons. The van der Waals surface area contributed by atoms with E-state index in [1.54, 1.807) is 0 Å². The minimum absolute atomic E-state index is 0.646. The normalized spacial score (nSPS) is 10.2. The Hall–Kier alpha value is -0.820. The van der Waals surface area contributed by atoms with E-state index in [0.29, 0.717) is 6.54 Å². The fourth-order valence-corrected chi connectivity index (χ4v) is 1.23. The Bertz CT molecular complexity index is 264. The molecule has 2 N–H and O–H groups in total. The summed E-state index contributed by atoms with van der Waals surface area (Å²) in [4.78, 5) is 0. The minimum atomic E-state index is 0.646. The lowest BCUT2D eigenvalue weighted by molar-refractivity contribution is 1.03. The number of nitrogens with two attached hydrogens (primary N) is 1. The van der Waals surface area contributed by atoms with Crippen molar-refractivity contribution in [2.75, 3.05) is 0 Å². The maximum Gasteiger partial charge on any atom is 0.0180 e. The van der Waals surface area contributed by atoms with Crippen molar-refractivity contribution < 1.29 is 0 Å². The van der Waals surface area contributed by atoms with Crippen LogP contribution in [0.3, 0.4) is 0 Å². The van der Waals surface area contributed by atoms with Crippen molar-refractivity contribution in [1.29, 1.82) is 0 Å². The first-order valence-corrected chi connectivity index (χ1v) is 3.92. The van der Waals surface area contributed by atoms with Gasteiger partial charge in [-0.25, -0.2) is 0 Å². The summed E-state index contributed by atoms with van der Waals surface area (Å²) in [5, 5.41) is 0. The summed E-state index contributed by atoms with van der Waals surface area (Å²) in [6, 6.07) is 4.24. The maximum atomic E-state index is 5.57. The molecule has 0 aliphatic carbocycles. The summed E-state index contributed by atoms with van der Waals surface area (Å²) in [5.41, 5.74) is 10.9. The van der Waals surface area contributed by atoms with Crippen LogP contribution in [0.1, 0.15) is 22.3 Å². The van der Waals surface area contributed by atoms with Gasteiger partial charge in [0.1, 0.15) is 0 Å². The van der Waals surface area contributed by atoms with Crippen LogP contribution in [-0.2, 0) is 6.54 Å². The van der Waals surface area contributed by atoms with Crippen LogP contribution in [0, 0.1) is 20.8 Å². The molecule has 0 fully saturated rings. The summed E-state index contributed by atoms with van der Waals surface area (Å²) >= 11 is 0. The minimum Gasteiger partial charge on any atom is -0.326 e. The summed E-state index contributed by atoms with van der Waals surface area (Å²) in [6.07, 6.45) is 0. The third-order valence-corrected chi connectivity index (χ3v) is 2.39. The van der Waals surface area contributed by atoms with Crippen LogP contribution in [0.5, 0.6) is 0 Å². The molecule has 0 unspecified atom stereocenters. The van der Waals surface area contributed by atoms with Crippen LogP contribution in [0.2, 0.25) is 0 Å². The highest BCUT2D eigenvalue weighted by molar-refractivity contribution is 5.38. The van der Waals surface area contributed by atoms with Gasteiger partial charge in [-0.05, 0) is 43.0 Å². The van der Waals surface area contributed by atoms with Gasteiger partial charge in [0.25, 0.3) is 0 Å². The molecule has 0 saturated heterocycles. The van der Waals surface area contributed by atoms with E-state index in [9.17, 15) is 0 Å². The number of rotatable bonds is 1. The Morgan fingerprint density at radius 3 is 2.27 bits per heavy atom. The molecule has 0 amide bonds. The van der Waals surface area contributed by atoms with E-state index < -0.39 is 0 Å². The molecule has 0 bridgehead atoms. The Morgan fingerprint density at radius 2 is 1.73 bits per heavy atom. The topological polar surface area (TPSA) is 26.0 Å². The van der Waals surface area contributed by atoms with Crippen molar-refractivity contribution in [3.8, 4) is 0 Å². The van der Waals surface area contributed by atoms with Crippen LogP contribution < -0.4 is 5.73 Å². The van der Waals surface area contributed by atoms with Gasteiger partial charge in [0.05, 0.1) is 0 Å². The van der Waals surface area contributed by atoms with E-state index >= 15 is 0 Å². The van der Waals surface area contributed by atoms with E-state index in [1.165, 1.54) is 22.3 Å². The standard InChI is InChI=1S/C10H15N/c1-7-4-5-10(6-11)9(3)8(7)2/h4-5H,6,11H2,1-3H3. The SMILES string of the molecule is Cc1ccc(CN)c(C)c1C. The van der Waals surface area contributed by atoms with E-state index in [2.05, 4.69) is 32.9 Å². The molecule has 0 aliphatic heterocycles. The van der Waals surface area contributed by atoms with Crippen LogP contribution in [0.15, 0.2) is 12.1 Å². The van der Waals surface area contributed by atoms with Gasteiger partial charge in [-0.2, -0.15) is 0 Å². The molecule has 1 nitrogen and oxygen atoms in total. The lowest BCUT2D eigenvalue weighted by atomic mass is 9.99. The van der Waals surface area contributed by atoms with Crippen molar-refractivity contribution >= 4 is 0 Å². The fraction of sp³-hybridized carbons (Fsp3) is 0.400. The predicted molar refractivity (Wildman–Crippen MR) is 48.5 cm³/mol. The van der Waals surface area contributed by atoms with E-state index in [-0.39, 0.29) is 0 Å². The number of hydrogen-bond donors (Lipinski definition) is 1. The highest BCUT2D eigenvalue weighted by atomic mass is 14.5. The second-order valence-electron chi connectivity index (χ2n) is 3.00. The zero-order valence-electron chi connectivity index (χ0n) is 7.44. The highest BCUT2D eigenvalue weighted by Gasteiger charge is 2.00. The molecule has 60 valence electrons. The van der Waals surface area contributed by atoms with Crippen molar-refractivity contribution in [1.82, 2.24) is 0 Å². The van der Waals surface area contributed by atoms with Gasteiger partial charge in [0, 0.05) is 6.54 Å². The van der Waals surface area contributed by atoms with E-state index in [1.807, 2.05) is 0 Å². The zero-order chi connectivity index (χ0) is 8.43. The van der Waals surface area contributed by atoms with Crippen LogP contribution in [0.4, 0.5) is 0 Å². The van der Waals surface area contributed by atoms with Crippen molar-refractivity contribution in [2.45, 2.75) is 27.3 Å². The molecular formula is C10H15N. The van der Waals surface area contributed by atoms with Gasteiger partial charge in [-0.1, -0.05) is 12.1 Å². The van der Waals surface area contributed by atoms with Gasteiger partial charge in [-0.3, -0.25) is 0 Å². The third kappa shape index (κ3) is 1.43. The molecule has 0 heterocycles. The lowest BCUT2D eigenvalue weighted by Crippen LogP contribution is -2.01. The quantitative estimate of drug-likeness (QED) is 0.650. The van der Waals surface area contributed by atoms with Gasteiger partial charge >= 0.3 is 0 Å². The third-order valence-electron chi connectivity index (χ3n) is 2.39. The van der Waals surface area contributed by atoms with Gasteiger partial charge in [0.2, 0.25) is 0 Å². The van der Waals surface area contributed by atoms with Gasteiger partial charge in [0.15, 0.2) is 0 Å². The first-order chi connectivity index (χ1) is 5.16. The summed E-state index contributed by atoms with van der Waals surface area (Å²) < 4.78 is 0. The van der Waals surface area contributed by atoms with Crippen LogP contribution >= 0.6 is 0 Å². The summed E-state index contributed by atoms with van der Waals surface area (Å²) in [5.74, 6) is 0. The zero-order valence-corrected chi connectivity index (χ0v) is 7.44. The van der Waals surface area contributed by atoms with E-state index in [4.69, 9.17) is 5.73 Å². The van der Waals surface area contributed by atoms with Crippen LogP contribution in [-0.4, -0.2) is 0 Å². The number of aryl methyl sites for hydroxylation is 1. The summed E-state index contributed by atoms with van der Waals surface area (Å²) in [7, 11) is 0. The molecular weight excluding hydrogens is 134 g/mol. The Kier molecular flexibility index (Phi) is 2.30. The van der Waals surface area contributed by atoms with Gasteiger partial charge < -0.3 is 5.73 Å². The maximum absolute atomic E-state index is 5.57. The largest absolute Gasteiger partial charge is 0.326 e. The van der Waals surface area contributed by atoms with E-state index in [0.717, 1.165) is 0 Å². The predicted octanol–water partition coefficient (Wildman–Crippen LogP) is 2.07.